The van der Waals surface area contributed by atoms with E-state index in [2.05, 4.69) is 0 Å². The van der Waals surface area contributed by atoms with Gasteiger partial charge in [0, 0.05) is 25.0 Å². The largest absolute Gasteiger partial charge is 0.469 e. The molecule has 0 spiro atoms. The molecular formula is C17H29ClN2O3. The van der Waals surface area contributed by atoms with Crippen molar-refractivity contribution in [2.75, 3.05) is 20.2 Å². The lowest BCUT2D eigenvalue weighted by Crippen LogP contribution is -2.49. The van der Waals surface area contributed by atoms with Gasteiger partial charge < -0.3 is 15.4 Å². The van der Waals surface area contributed by atoms with E-state index in [0.717, 1.165) is 12.8 Å². The summed E-state index contributed by atoms with van der Waals surface area (Å²) in [6.45, 7) is 3.07. The molecule has 1 heterocycles. The van der Waals surface area contributed by atoms with Crippen molar-refractivity contribution in [2.24, 2.45) is 28.9 Å². The molecule has 0 aromatic heterocycles. The Morgan fingerprint density at radius 2 is 1.83 bits per heavy atom. The first-order chi connectivity index (χ1) is 10.4. The van der Waals surface area contributed by atoms with Crippen LogP contribution in [0.5, 0.6) is 0 Å². The van der Waals surface area contributed by atoms with Crippen LogP contribution in [-0.4, -0.2) is 43.0 Å². The van der Waals surface area contributed by atoms with Crippen molar-refractivity contribution < 1.29 is 14.3 Å². The molecule has 132 valence electrons. The van der Waals surface area contributed by atoms with Crippen LogP contribution in [-0.2, 0) is 14.3 Å². The summed E-state index contributed by atoms with van der Waals surface area (Å²) in [5.41, 5.74) is 5.78. The van der Waals surface area contributed by atoms with E-state index in [0.29, 0.717) is 31.3 Å². The number of ether oxygens (including phenoxy) is 1. The second-order valence-corrected chi connectivity index (χ2v) is 7.76. The number of hydrogen-bond acceptors (Lipinski definition) is 4. The van der Waals surface area contributed by atoms with Gasteiger partial charge in [-0.25, -0.2) is 0 Å². The third kappa shape index (κ3) is 3.36. The summed E-state index contributed by atoms with van der Waals surface area (Å²) >= 11 is 0. The number of carbonyl (C=O) groups excluding carboxylic acids is 2. The van der Waals surface area contributed by atoms with E-state index in [1.54, 1.807) is 0 Å². The first-order valence-electron chi connectivity index (χ1n) is 8.57. The Labute approximate surface area is 144 Å². The van der Waals surface area contributed by atoms with Crippen molar-refractivity contribution in [3.63, 3.8) is 0 Å². The standard InChI is InChI=1S/C17H28N2O3.ClH/c1-17(16(21)22-2)6-7-19(10-17)15(20)13-8-11-4-3-5-12(9-13)14(11)18;/h11-14H,3-10,18H2,1-2H3;1H. The number of fused-ring (bicyclic) bond motifs is 2. The highest BCUT2D eigenvalue weighted by Crippen LogP contribution is 2.43. The minimum absolute atomic E-state index is 0. The average Bonchev–Trinajstić information content (AvgIpc) is 2.89. The highest BCUT2D eigenvalue weighted by molar-refractivity contribution is 5.85. The Morgan fingerprint density at radius 3 is 2.39 bits per heavy atom. The Hall–Kier alpha value is -0.810. The zero-order chi connectivity index (χ0) is 15.9. The first-order valence-corrected chi connectivity index (χ1v) is 8.57. The quantitative estimate of drug-likeness (QED) is 0.777. The van der Waals surface area contributed by atoms with Crippen molar-refractivity contribution in [2.45, 2.75) is 51.5 Å². The van der Waals surface area contributed by atoms with Crippen LogP contribution >= 0.6 is 12.4 Å². The van der Waals surface area contributed by atoms with Gasteiger partial charge in [0.1, 0.15) is 0 Å². The number of carbonyl (C=O) groups is 2. The zero-order valence-corrected chi connectivity index (χ0v) is 14.9. The number of nitrogens with two attached hydrogens (primary N) is 1. The van der Waals surface area contributed by atoms with E-state index in [9.17, 15) is 9.59 Å². The third-order valence-corrected chi connectivity index (χ3v) is 6.23. The Kier molecular flexibility index (Phi) is 5.62. The lowest BCUT2D eigenvalue weighted by Gasteiger charge is -2.44. The number of methoxy groups -OCH3 is 1. The van der Waals surface area contributed by atoms with Crippen LogP contribution in [0.25, 0.3) is 0 Å². The van der Waals surface area contributed by atoms with Gasteiger partial charge in [0.2, 0.25) is 5.91 Å². The van der Waals surface area contributed by atoms with Crippen molar-refractivity contribution >= 4 is 24.3 Å². The summed E-state index contributed by atoms with van der Waals surface area (Å²) < 4.78 is 4.89. The Morgan fingerprint density at radius 1 is 1.22 bits per heavy atom. The van der Waals surface area contributed by atoms with Crippen molar-refractivity contribution in [3.8, 4) is 0 Å². The molecule has 2 bridgehead atoms. The fraction of sp³-hybridized carbons (Fsp3) is 0.882. The maximum Gasteiger partial charge on any atom is 0.313 e. The minimum Gasteiger partial charge on any atom is -0.469 e. The number of amides is 1. The van der Waals surface area contributed by atoms with Gasteiger partial charge in [0.25, 0.3) is 0 Å². The fourth-order valence-corrected chi connectivity index (χ4v) is 4.81. The molecule has 3 unspecified atom stereocenters. The van der Waals surface area contributed by atoms with Gasteiger partial charge in [-0.05, 0) is 50.9 Å². The molecule has 1 saturated heterocycles. The zero-order valence-electron chi connectivity index (χ0n) is 14.1. The average molecular weight is 345 g/mol. The monoisotopic (exact) mass is 344 g/mol. The second kappa shape index (κ2) is 6.98. The number of likely N-dealkylation sites (tertiary alicyclic amines) is 1. The number of rotatable bonds is 2. The predicted octanol–water partition coefficient (Wildman–Crippen LogP) is 1.97. The lowest BCUT2D eigenvalue weighted by atomic mass is 9.65. The summed E-state index contributed by atoms with van der Waals surface area (Å²) in [7, 11) is 1.42. The molecule has 3 aliphatic rings. The summed E-state index contributed by atoms with van der Waals surface area (Å²) in [5, 5.41) is 0. The molecule has 0 radical (unpaired) electrons. The highest BCUT2D eigenvalue weighted by atomic mass is 35.5. The van der Waals surface area contributed by atoms with Gasteiger partial charge in [-0.3, -0.25) is 9.59 Å². The fourth-order valence-electron chi connectivity index (χ4n) is 4.81. The summed E-state index contributed by atoms with van der Waals surface area (Å²) in [6.07, 6.45) is 6.16. The van der Waals surface area contributed by atoms with Crippen molar-refractivity contribution in [1.29, 1.82) is 0 Å². The van der Waals surface area contributed by atoms with Gasteiger partial charge >= 0.3 is 5.97 Å². The third-order valence-electron chi connectivity index (χ3n) is 6.23. The van der Waals surface area contributed by atoms with Gasteiger partial charge in [-0.15, -0.1) is 12.4 Å². The number of halogens is 1. The van der Waals surface area contributed by atoms with Gasteiger partial charge in [-0.1, -0.05) is 6.42 Å². The maximum atomic E-state index is 12.9. The first kappa shape index (κ1) is 18.5. The summed E-state index contributed by atoms with van der Waals surface area (Å²) in [6, 6.07) is 0.289. The molecule has 2 N–H and O–H groups in total. The lowest BCUT2D eigenvalue weighted by molar-refractivity contribution is -0.151. The van der Waals surface area contributed by atoms with Crippen LogP contribution in [0.3, 0.4) is 0 Å². The molecule has 23 heavy (non-hydrogen) atoms. The molecule has 6 heteroatoms. The van der Waals surface area contributed by atoms with Gasteiger partial charge in [0.05, 0.1) is 12.5 Å². The minimum atomic E-state index is -0.536. The number of esters is 1. The molecule has 5 nitrogen and oxygen atoms in total. The Bertz CT molecular complexity index is 459. The van der Waals surface area contributed by atoms with Crippen molar-refractivity contribution in [1.82, 2.24) is 4.90 Å². The summed E-state index contributed by atoms with van der Waals surface area (Å²) in [5.74, 6) is 1.16. The smallest absolute Gasteiger partial charge is 0.313 e. The predicted molar refractivity (Wildman–Crippen MR) is 90.1 cm³/mol. The highest BCUT2D eigenvalue weighted by Gasteiger charge is 2.46. The van der Waals surface area contributed by atoms with E-state index >= 15 is 0 Å². The van der Waals surface area contributed by atoms with E-state index in [1.165, 1.54) is 26.4 Å². The van der Waals surface area contributed by atoms with E-state index < -0.39 is 5.41 Å². The van der Waals surface area contributed by atoms with Crippen molar-refractivity contribution in [3.05, 3.63) is 0 Å². The molecule has 3 rings (SSSR count). The van der Waals surface area contributed by atoms with Crippen LogP contribution < -0.4 is 5.73 Å². The molecule has 0 aromatic carbocycles. The molecule has 1 amide bonds. The van der Waals surface area contributed by atoms with Crippen LogP contribution in [0.2, 0.25) is 0 Å². The maximum absolute atomic E-state index is 12.9. The molecule has 3 atom stereocenters. The van der Waals surface area contributed by atoms with Crippen LogP contribution in [0.15, 0.2) is 0 Å². The molecule has 2 saturated carbocycles. The number of hydrogen-bond donors (Lipinski definition) is 1. The second-order valence-electron chi connectivity index (χ2n) is 7.76. The molecular weight excluding hydrogens is 316 g/mol. The van der Waals surface area contributed by atoms with Crippen LogP contribution in [0.1, 0.15) is 45.4 Å². The normalized spacial score (nSPS) is 39.5. The SMILES string of the molecule is COC(=O)C1(C)CCN(C(=O)C2CC3CCCC(C2)C3N)C1.Cl. The van der Waals surface area contributed by atoms with E-state index in [-0.39, 0.29) is 36.2 Å². The molecule has 2 aliphatic carbocycles. The number of nitrogens with zero attached hydrogens (tertiary/aromatic N) is 1. The molecule has 1 aliphatic heterocycles. The van der Waals surface area contributed by atoms with Crippen LogP contribution in [0.4, 0.5) is 0 Å². The van der Waals surface area contributed by atoms with Gasteiger partial charge in [0.15, 0.2) is 0 Å². The molecule has 3 fully saturated rings. The summed E-state index contributed by atoms with van der Waals surface area (Å²) in [4.78, 5) is 26.7. The Balaban J connectivity index is 0.00000192. The topological polar surface area (TPSA) is 72.6 Å². The van der Waals surface area contributed by atoms with E-state index in [4.69, 9.17) is 10.5 Å². The molecule has 0 aromatic rings. The van der Waals surface area contributed by atoms with Crippen LogP contribution in [0, 0.1) is 23.2 Å². The van der Waals surface area contributed by atoms with Gasteiger partial charge in [-0.2, -0.15) is 0 Å². The van der Waals surface area contributed by atoms with E-state index in [1.807, 2.05) is 11.8 Å².